The molecule has 0 atom stereocenters. The highest BCUT2D eigenvalue weighted by Gasteiger charge is 2.12. The molecule has 4 rings (SSSR count). The minimum Gasteiger partial charge on any atom is -0.471 e. The minimum atomic E-state index is 0.425. The summed E-state index contributed by atoms with van der Waals surface area (Å²) >= 11 is 7.50. The first-order chi connectivity index (χ1) is 12.3. The van der Waals surface area contributed by atoms with Gasteiger partial charge in [-0.05, 0) is 53.4 Å². The first kappa shape index (κ1) is 15.8. The molecule has 0 saturated heterocycles. The van der Waals surface area contributed by atoms with Gasteiger partial charge in [0.15, 0.2) is 5.82 Å². The Labute approximate surface area is 153 Å². The smallest absolute Gasteiger partial charge is 0.252 e. The average Bonchev–Trinajstić information content (AvgIpc) is 3.14. The number of hydrogen-bond acceptors (Lipinski definition) is 6. The summed E-state index contributed by atoms with van der Waals surface area (Å²) in [5.41, 5.74) is 1.93. The number of benzene rings is 1. The van der Waals surface area contributed by atoms with Crippen molar-refractivity contribution in [2.75, 3.05) is 5.32 Å². The number of thiophene rings is 1. The number of ether oxygens (including phenoxy) is 1. The summed E-state index contributed by atoms with van der Waals surface area (Å²) in [4.78, 5) is 4.00. The molecular formula is C18H13ClN4OS. The molecule has 0 fully saturated rings. The molecule has 3 heterocycles. The second-order valence-electron chi connectivity index (χ2n) is 5.29. The summed E-state index contributed by atoms with van der Waals surface area (Å²) in [6, 6.07) is 13.3. The molecule has 0 bridgehead atoms. The number of aromatic nitrogens is 3. The largest absolute Gasteiger partial charge is 0.471 e. The van der Waals surface area contributed by atoms with Gasteiger partial charge in [-0.3, -0.25) is 4.98 Å². The Morgan fingerprint density at radius 2 is 1.80 bits per heavy atom. The molecule has 124 valence electrons. The van der Waals surface area contributed by atoms with Gasteiger partial charge in [-0.15, -0.1) is 21.5 Å². The zero-order valence-electron chi connectivity index (χ0n) is 13.0. The first-order valence-electron chi connectivity index (χ1n) is 7.58. The van der Waals surface area contributed by atoms with Crippen molar-refractivity contribution < 1.29 is 4.74 Å². The molecule has 3 aromatic heterocycles. The molecule has 1 N–H and O–H groups in total. The molecule has 0 aliphatic carbocycles. The average molecular weight is 369 g/mol. The van der Waals surface area contributed by atoms with Gasteiger partial charge in [-0.25, -0.2) is 0 Å². The van der Waals surface area contributed by atoms with Crippen LogP contribution < -0.4 is 10.1 Å². The van der Waals surface area contributed by atoms with Crippen molar-refractivity contribution in [1.29, 1.82) is 0 Å². The minimum absolute atomic E-state index is 0.425. The Morgan fingerprint density at radius 3 is 2.60 bits per heavy atom. The van der Waals surface area contributed by atoms with Crippen molar-refractivity contribution in [2.24, 2.45) is 0 Å². The van der Waals surface area contributed by atoms with Crippen LogP contribution in [0.1, 0.15) is 5.56 Å². The van der Waals surface area contributed by atoms with E-state index in [2.05, 4.69) is 20.5 Å². The van der Waals surface area contributed by atoms with E-state index in [0.29, 0.717) is 23.3 Å². The Hall–Kier alpha value is -2.70. The monoisotopic (exact) mass is 368 g/mol. The van der Waals surface area contributed by atoms with E-state index in [-0.39, 0.29) is 0 Å². The lowest BCUT2D eigenvalue weighted by atomic mass is 10.3. The van der Waals surface area contributed by atoms with Crippen molar-refractivity contribution in [3.63, 3.8) is 0 Å². The van der Waals surface area contributed by atoms with E-state index >= 15 is 0 Å². The second kappa shape index (κ2) is 7.04. The van der Waals surface area contributed by atoms with Crippen LogP contribution in [-0.4, -0.2) is 15.2 Å². The number of rotatable bonds is 5. The maximum atomic E-state index is 5.92. The van der Waals surface area contributed by atoms with Gasteiger partial charge in [0.1, 0.15) is 11.3 Å². The fraction of sp³-hybridized carbons (Fsp3) is 0.0556. The van der Waals surface area contributed by atoms with Gasteiger partial charge >= 0.3 is 0 Å². The fourth-order valence-electron chi connectivity index (χ4n) is 2.34. The lowest BCUT2D eigenvalue weighted by molar-refractivity contribution is 0.295. The third kappa shape index (κ3) is 3.55. The highest BCUT2D eigenvalue weighted by Crippen LogP contribution is 2.34. The standard InChI is InChI=1S/C18H13ClN4OS/c19-13-1-3-14(4-2-13)21-17-15-7-10-25-16(15)18(23-22-17)24-11-12-5-8-20-9-6-12/h1-10H,11H2,(H,21,22). The van der Waals surface area contributed by atoms with Crippen LogP contribution in [0.5, 0.6) is 5.88 Å². The van der Waals surface area contributed by atoms with Crippen LogP contribution >= 0.6 is 22.9 Å². The summed E-state index contributed by atoms with van der Waals surface area (Å²) < 4.78 is 6.81. The summed E-state index contributed by atoms with van der Waals surface area (Å²) in [6.07, 6.45) is 3.48. The summed E-state index contributed by atoms with van der Waals surface area (Å²) in [5, 5.41) is 15.5. The van der Waals surface area contributed by atoms with Crippen LogP contribution in [-0.2, 0) is 6.61 Å². The normalized spacial score (nSPS) is 10.8. The number of halogens is 1. The number of nitrogens with one attached hydrogen (secondary N) is 1. The molecule has 0 spiro atoms. The number of pyridine rings is 1. The maximum Gasteiger partial charge on any atom is 0.252 e. The third-order valence-corrected chi connectivity index (χ3v) is 4.74. The lowest BCUT2D eigenvalue weighted by Gasteiger charge is -2.09. The van der Waals surface area contributed by atoms with Crippen molar-refractivity contribution in [1.82, 2.24) is 15.2 Å². The molecule has 25 heavy (non-hydrogen) atoms. The molecular weight excluding hydrogens is 356 g/mol. The van der Waals surface area contributed by atoms with Crippen LogP contribution in [0.15, 0.2) is 60.2 Å². The van der Waals surface area contributed by atoms with E-state index in [9.17, 15) is 0 Å². The van der Waals surface area contributed by atoms with Crippen LogP contribution in [0.2, 0.25) is 5.02 Å². The van der Waals surface area contributed by atoms with Gasteiger partial charge in [0, 0.05) is 28.5 Å². The van der Waals surface area contributed by atoms with E-state index < -0.39 is 0 Å². The highest BCUT2D eigenvalue weighted by atomic mass is 35.5. The molecule has 0 amide bonds. The third-order valence-electron chi connectivity index (χ3n) is 3.59. The van der Waals surface area contributed by atoms with Crippen LogP contribution in [0.4, 0.5) is 11.5 Å². The molecule has 1 aromatic carbocycles. The highest BCUT2D eigenvalue weighted by molar-refractivity contribution is 7.17. The van der Waals surface area contributed by atoms with Gasteiger partial charge in [0.2, 0.25) is 0 Å². The van der Waals surface area contributed by atoms with Crippen molar-refractivity contribution in [3.8, 4) is 5.88 Å². The van der Waals surface area contributed by atoms with Gasteiger partial charge in [-0.2, -0.15) is 0 Å². The number of anilines is 2. The predicted molar refractivity (Wildman–Crippen MR) is 101 cm³/mol. The Balaban J connectivity index is 1.59. The van der Waals surface area contributed by atoms with E-state index in [1.165, 1.54) is 0 Å². The fourth-order valence-corrected chi connectivity index (χ4v) is 3.30. The molecule has 0 unspecified atom stereocenters. The number of nitrogens with zero attached hydrogens (tertiary/aromatic N) is 3. The molecule has 0 aliphatic rings. The van der Waals surface area contributed by atoms with Crippen LogP contribution in [0.25, 0.3) is 10.1 Å². The van der Waals surface area contributed by atoms with E-state index in [4.69, 9.17) is 16.3 Å². The number of fused-ring (bicyclic) bond motifs is 1. The summed E-state index contributed by atoms with van der Waals surface area (Å²) in [7, 11) is 0. The zero-order chi connectivity index (χ0) is 17.1. The van der Waals surface area contributed by atoms with Crippen molar-refractivity contribution in [3.05, 3.63) is 70.8 Å². The van der Waals surface area contributed by atoms with Crippen LogP contribution in [0, 0.1) is 0 Å². The van der Waals surface area contributed by atoms with Crippen molar-refractivity contribution >= 4 is 44.5 Å². The summed E-state index contributed by atoms with van der Waals surface area (Å²) in [5.74, 6) is 1.22. The van der Waals surface area contributed by atoms with Crippen LogP contribution in [0.3, 0.4) is 0 Å². The molecule has 7 heteroatoms. The zero-order valence-corrected chi connectivity index (χ0v) is 14.6. The Morgan fingerprint density at radius 1 is 1.00 bits per heavy atom. The molecule has 0 aliphatic heterocycles. The molecule has 5 nitrogen and oxygen atoms in total. The quantitative estimate of drug-likeness (QED) is 0.533. The molecule has 0 saturated carbocycles. The first-order valence-corrected chi connectivity index (χ1v) is 8.83. The second-order valence-corrected chi connectivity index (χ2v) is 6.65. The maximum absolute atomic E-state index is 5.92. The predicted octanol–water partition coefficient (Wildman–Crippen LogP) is 5.06. The lowest BCUT2D eigenvalue weighted by Crippen LogP contribution is -2.01. The SMILES string of the molecule is Clc1ccc(Nc2nnc(OCc3ccncc3)c3sccc23)cc1. The Bertz CT molecular complexity index is 989. The topological polar surface area (TPSA) is 59.9 Å². The van der Waals surface area contributed by atoms with Gasteiger partial charge in [0.05, 0.1) is 0 Å². The summed E-state index contributed by atoms with van der Waals surface area (Å²) in [6.45, 7) is 0.425. The van der Waals surface area contributed by atoms with Crippen molar-refractivity contribution in [2.45, 2.75) is 6.61 Å². The Kier molecular flexibility index (Phi) is 4.45. The molecule has 0 radical (unpaired) electrons. The van der Waals surface area contributed by atoms with Gasteiger partial charge in [-0.1, -0.05) is 11.6 Å². The molecule has 4 aromatic rings. The van der Waals surface area contributed by atoms with Gasteiger partial charge < -0.3 is 10.1 Å². The van der Waals surface area contributed by atoms with E-state index in [1.54, 1.807) is 23.7 Å². The number of hydrogen-bond donors (Lipinski definition) is 1. The van der Waals surface area contributed by atoms with E-state index in [0.717, 1.165) is 21.3 Å². The van der Waals surface area contributed by atoms with E-state index in [1.807, 2.05) is 47.8 Å². The van der Waals surface area contributed by atoms with Gasteiger partial charge in [0.25, 0.3) is 5.88 Å².